The van der Waals surface area contributed by atoms with Gasteiger partial charge < -0.3 is 9.47 Å². The summed E-state index contributed by atoms with van der Waals surface area (Å²) in [7, 11) is -0.585. The second-order valence-electron chi connectivity index (χ2n) is 10.9. The van der Waals surface area contributed by atoms with Crippen molar-refractivity contribution in [1.29, 1.82) is 0 Å². The summed E-state index contributed by atoms with van der Waals surface area (Å²) in [4.78, 5) is 12.6. The summed E-state index contributed by atoms with van der Waals surface area (Å²) in [6, 6.07) is 13.1. The van der Waals surface area contributed by atoms with E-state index >= 15 is 0 Å². The average molecular weight is 526 g/mol. The normalized spacial score (nSPS) is 26.3. The van der Waals surface area contributed by atoms with Gasteiger partial charge in [-0.1, -0.05) is 12.1 Å². The molecule has 0 aliphatic heterocycles. The zero-order valence-electron chi connectivity index (χ0n) is 21.6. The highest BCUT2D eigenvalue weighted by molar-refractivity contribution is 7.92. The molecule has 198 valence electrons. The molecule has 4 aliphatic carbocycles. The van der Waals surface area contributed by atoms with Gasteiger partial charge in [-0.25, -0.2) is 13.8 Å². The number of hydrazone groups is 1. The standard InChI is InChI=1S/C28H35N3O5S/c1-35-25-9-4-19(13-26(25)36-2)17-29-30-27(32)18-31(37(3,33)34)24-7-5-23(6-8-24)28-14-20-10-21(15-28)12-22(11-20)16-28/h4-9,13,17,20-22H,10-12,14-16,18H2,1-3H3,(H,30,32)/b29-17-. The van der Waals surface area contributed by atoms with Crippen molar-refractivity contribution < 1.29 is 22.7 Å². The summed E-state index contributed by atoms with van der Waals surface area (Å²) in [5, 5.41) is 3.98. The summed E-state index contributed by atoms with van der Waals surface area (Å²) < 4.78 is 36.8. The van der Waals surface area contributed by atoms with Gasteiger partial charge in [-0.2, -0.15) is 5.10 Å². The molecule has 4 aliphatic rings. The van der Waals surface area contributed by atoms with E-state index in [4.69, 9.17) is 9.47 Å². The number of nitrogens with one attached hydrogen (secondary N) is 1. The molecule has 0 saturated heterocycles. The molecule has 2 aromatic rings. The van der Waals surface area contributed by atoms with Crippen molar-refractivity contribution in [1.82, 2.24) is 5.43 Å². The van der Waals surface area contributed by atoms with Crippen LogP contribution in [0.2, 0.25) is 0 Å². The molecule has 6 rings (SSSR count). The lowest BCUT2D eigenvalue weighted by molar-refractivity contribution is -0.119. The zero-order valence-corrected chi connectivity index (χ0v) is 22.5. The van der Waals surface area contributed by atoms with Crippen molar-refractivity contribution in [2.45, 2.75) is 43.9 Å². The molecule has 1 N–H and O–H groups in total. The molecule has 4 bridgehead atoms. The Labute approximate surface area is 219 Å². The third kappa shape index (κ3) is 5.32. The maximum atomic E-state index is 12.6. The maximum Gasteiger partial charge on any atom is 0.260 e. The molecule has 0 aromatic heterocycles. The van der Waals surface area contributed by atoms with Crippen LogP contribution in [0.15, 0.2) is 47.6 Å². The largest absolute Gasteiger partial charge is 0.493 e. The number of amides is 1. The number of benzene rings is 2. The van der Waals surface area contributed by atoms with E-state index < -0.39 is 15.9 Å². The molecule has 4 saturated carbocycles. The highest BCUT2D eigenvalue weighted by Gasteiger charge is 2.51. The van der Waals surface area contributed by atoms with Gasteiger partial charge in [0.2, 0.25) is 10.0 Å². The molecule has 2 aromatic carbocycles. The minimum Gasteiger partial charge on any atom is -0.493 e. The van der Waals surface area contributed by atoms with E-state index in [0.29, 0.717) is 22.7 Å². The Hall–Kier alpha value is -3.07. The average Bonchev–Trinajstić information content (AvgIpc) is 2.86. The number of carbonyl (C=O) groups excluding carboxylic acids is 1. The van der Waals surface area contributed by atoms with E-state index in [9.17, 15) is 13.2 Å². The van der Waals surface area contributed by atoms with Gasteiger partial charge in [-0.15, -0.1) is 0 Å². The highest BCUT2D eigenvalue weighted by atomic mass is 32.2. The summed E-state index contributed by atoms with van der Waals surface area (Å²) in [5.74, 6) is 3.09. The van der Waals surface area contributed by atoms with Crippen LogP contribution in [0, 0.1) is 17.8 Å². The first-order chi connectivity index (χ1) is 17.7. The first-order valence-electron chi connectivity index (χ1n) is 12.8. The topological polar surface area (TPSA) is 97.3 Å². The van der Waals surface area contributed by atoms with E-state index in [2.05, 4.69) is 22.7 Å². The third-order valence-corrected chi connectivity index (χ3v) is 9.44. The van der Waals surface area contributed by atoms with Crippen LogP contribution in [0.5, 0.6) is 11.5 Å². The molecule has 0 spiro atoms. The van der Waals surface area contributed by atoms with Crippen molar-refractivity contribution >= 4 is 27.8 Å². The molecule has 4 fully saturated rings. The van der Waals surface area contributed by atoms with Crippen molar-refractivity contribution in [3.63, 3.8) is 0 Å². The molecular weight excluding hydrogens is 490 g/mol. The number of hydrogen-bond donors (Lipinski definition) is 1. The predicted molar refractivity (Wildman–Crippen MR) is 144 cm³/mol. The lowest BCUT2D eigenvalue weighted by Gasteiger charge is -2.57. The lowest BCUT2D eigenvalue weighted by Crippen LogP contribution is -2.48. The lowest BCUT2D eigenvalue weighted by atomic mass is 9.48. The van der Waals surface area contributed by atoms with E-state index in [1.54, 1.807) is 25.3 Å². The van der Waals surface area contributed by atoms with Gasteiger partial charge in [0.15, 0.2) is 11.5 Å². The summed E-state index contributed by atoms with van der Waals surface area (Å²) in [6.45, 7) is -0.362. The molecule has 0 unspecified atom stereocenters. The predicted octanol–water partition coefficient (Wildman–Crippen LogP) is 4.09. The Morgan fingerprint density at radius 3 is 2.14 bits per heavy atom. The number of methoxy groups -OCH3 is 2. The molecule has 1 amide bonds. The fourth-order valence-corrected chi connectivity index (χ4v) is 7.98. The number of rotatable bonds is 9. The van der Waals surface area contributed by atoms with Crippen LogP contribution in [0.1, 0.15) is 49.7 Å². The van der Waals surface area contributed by atoms with Gasteiger partial charge >= 0.3 is 0 Å². The second-order valence-corrected chi connectivity index (χ2v) is 12.8. The number of sulfonamides is 1. The fourth-order valence-electron chi connectivity index (χ4n) is 7.12. The minimum absolute atomic E-state index is 0.236. The van der Waals surface area contributed by atoms with Crippen molar-refractivity contribution in [3.8, 4) is 11.5 Å². The number of hydrogen-bond acceptors (Lipinski definition) is 6. The van der Waals surface area contributed by atoms with Crippen molar-refractivity contribution in [2.75, 3.05) is 31.3 Å². The summed E-state index contributed by atoms with van der Waals surface area (Å²) in [6.07, 6.45) is 10.4. The van der Waals surface area contributed by atoms with E-state index in [1.165, 1.54) is 57.4 Å². The smallest absolute Gasteiger partial charge is 0.260 e. The first kappa shape index (κ1) is 25.6. The molecule has 9 heteroatoms. The summed E-state index contributed by atoms with van der Waals surface area (Å²) in [5.41, 5.74) is 5.14. The Morgan fingerprint density at radius 2 is 1.59 bits per heavy atom. The van der Waals surface area contributed by atoms with Crippen LogP contribution in [0.3, 0.4) is 0 Å². The second kappa shape index (κ2) is 10.0. The molecule has 0 heterocycles. The monoisotopic (exact) mass is 525 g/mol. The number of anilines is 1. The molecule has 0 radical (unpaired) electrons. The van der Waals surface area contributed by atoms with E-state index in [-0.39, 0.29) is 12.0 Å². The Morgan fingerprint density at radius 1 is 1.00 bits per heavy atom. The van der Waals surface area contributed by atoms with Gasteiger partial charge in [-0.05, 0) is 103 Å². The van der Waals surface area contributed by atoms with Gasteiger partial charge in [0.05, 0.1) is 32.4 Å². The van der Waals surface area contributed by atoms with E-state index in [1.807, 2.05) is 12.1 Å². The summed E-state index contributed by atoms with van der Waals surface area (Å²) >= 11 is 0. The van der Waals surface area contributed by atoms with Gasteiger partial charge in [-0.3, -0.25) is 9.10 Å². The van der Waals surface area contributed by atoms with Crippen molar-refractivity contribution in [3.05, 3.63) is 53.6 Å². The van der Waals surface area contributed by atoms with Crippen LogP contribution in [-0.4, -0.2) is 47.6 Å². The van der Waals surface area contributed by atoms with E-state index in [0.717, 1.165) is 28.3 Å². The fraction of sp³-hybridized carbons (Fsp3) is 0.500. The van der Waals surface area contributed by atoms with Gasteiger partial charge in [0.25, 0.3) is 5.91 Å². The van der Waals surface area contributed by atoms with Crippen LogP contribution >= 0.6 is 0 Å². The molecule has 8 nitrogen and oxygen atoms in total. The molecular formula is C28H35N3O5S. The van der Waals surface area contributed by atoms with Gasteiger partial charge in [0.1, 0.15) is 6.54 Å². The number of nitrogens with zero attached hydrogens (tertiary/aromatic N) is 2. The Bertz CT molecular complexity index is 1250. The SMILES string of the molecule is COc1ccc(/C=N\NC(=O)CN(c2ccc(C34CC5CC(CC(C5)C3)C4)cc2)S(C)(=O)=O)cc1OC. The molecule has 37 heavy (non-hydrogen) atoms. The highest BCUT2D eigenvalue weighted by Crippen LogP contribution is 2.60. The number of ether oxygens (including phenoxy) is 2. The molecule has 0 atom stereocenters. The minimum atomic E-state index is -3.67. The van der Waals surface area contributed by atoms with Crippen LogP contribution in [0.4, 0.5) is 5.69 Å². The first-order valence-corrected chi connectivity index (χ1v) is 14.7. The Kier molecular flexibility index (Phi) is 6.91. The quantitative estimate of drug-likeness (QED) is 0.393. The van der Waals surface area contributed by atoms with Crippen LogP contribution in [-0.2, 0) is 20.2 Å². The third-order valence-electron chi connectivity index (χ3n) is 8.30. The maximum absolute atomic E-state index is 12.6. The van der Waals surface area contributed by atoms with Gasteiger partial charge in [0, 0.05) is 0 Å². The van der Waals surface area contributed by atoms with Crippen LogP contribution < -0.4 is 19.2 Å². The number of carbonyl (C=O) groups is 1. The Balaban J connectivity index is 1.26. The van der Waals surface area contributed by atoms with Crippen LogP contribution in [0.25, 0.3) is 0 Å². The van der Waals surface area contributed by atoms with Crippen molar-refractivity contribution in [2.24, 2.45) is 22.9 Å². The zero-order chi connectivity index (χ0) is 26.2.